The summed E-state index contributed by atoms with van der Waals surface area (Å²) in [6.45, 7) is 5.48. The van der Waals surface area contributed by atoms with Crippen LogP contribution in [0.25, 0.3) is 0 Å². The SMILES string of the molecule is CCc1ccc(N2CCN(C(=O)CN(N)/C(=N\CN)SC)CC2)cc1. The van der Waals surface area contributed by atoms with Gasteiger partial charge in [0, 0.05) is 31.9 Å². The van der Waals surface area contributed by atoms with Gasteiger partial charge < -0.3 is 15.5 Å². The third kappa shape index (κ3) is 5.35. The fourth-order valence-corrected chi connectivity index (χ4v) is 3.32. The van der Waals surface area contributed by atoms with Crippen LogP contribution in [0.5, 0.6) is 0 Å². The number of thioether (sulfide) groups is 1. The molecule has 1 aliphatic heterocycles. The van der Waals surface area contributed by atoms with Gasteiger partial charge in [-0.25, -0.2) is 10.8 Å². The lowest BCUT2D eigenvalue weighted by molar-refractivity contribution is -0.131. The van der Waals surface area contributed by atoms with Gasteiger partial charge in [-0.15, -0.1) is 0 Å². The molecule has 0 atom stereocenters. The Morgan fingerprint density at radius 1 is 1.24 bits per heavy atom. The highest BCUT2D eigenvalue weighted by atomic mass is 32.2. The molecule has 7 nitrogen and oxygen atoms in total. The number of nitrogens with zero attached hydrogens (tertiary/aromatic N) is 4. The van der Waals surface area contributed by atoms with Gasteiger partial charge in [-0.1, -0.05) is 30.8 Å². The van der Waals surface area contributed by atoms with Gasteiger partial charge >= 0.3 is 0 Å². The molecule has 1 heterocycles. The topological polar surface area (TPSA) is 91.2 Å². The molecule has 0 aromatic heterocycles. The van der Waals surface area contributed by atoms with Gasteiger partial charge in [0.1, 0.15) is 6.54 Å². The number of benzene rings is 1. The molecule has 1 aliphatic rings. The number of hydrogen-bond acceptors (Lipinski definition) is 6. The van der Waals surface area contributed by atoms with Crippen LogP contribution in [0, 0.1) is 0 Å². The molecule has 0 radical (unpaired) electrons. The normalized spacial score (nSPS) is 15.4. The summed E-state index contributed by atoms with van der Waals surface area (Å²) in [6.07, 6.45) is 2.91. The molecule has 4 N–H and O–H groups in total. The first-order valence-electron chi connectivity index (χ1n) is 8.51. The first-order valence-corrected chi connectivity index (χ1v) is 9.74. The minimum Gasteiger partial charge on any atom is -0.368 e. The van der Waals surface area contributed by atoms with Crippen LogP contribution in [0.1, 0.15) is 12.5 Å². The largest absolute Gasteiger partial charge is 0.368 e. The van der Waals surface area contributed by atoms with Crippen LogP contribution in [-0.4, -0.2) is 66.6 Å². The second-order valence-electron chi connectivity index (χ2n) is 5.84. The number of hydrogen-bond donors (Lipinski definition) is 2. The molecule has 2 rings (SSSR count). The Bertz CT molecular complexity index is 583. The second-order valence-corrected chi connectivity index (χ2v) is 6.62. The molecule has 1 amide bonds. The summed E-state index contributed by atoms with van der Waals surface area (Å²) in [4.78, 5) is 20.7. The molecule has 0 bridgehead atoms. The number of aliphatic imine (C=N–C) groups is 1. The highest BCUT2D eigenvalue weighted by molar-refractivity contribution is 8.13. The van der Waals surface area contributed by atoms with Crippen molar-refractivity contribution in [2.75, 3.05) is 50.5 Å². The van der Waals surface area contributed by atoms with Gasteiger partial charge in [-0.2, -0.15) is 0 Å². The van der Waals surface area contributed by atoms with E-state index < -0.39 is 0 Å². The maximum absolute atomic E-state index is 12.5. The highest BCUT2D eigenvalue weighted by Crippen LogP contribution is 2.17. The summed E-state index contributed by atoms with van der Waals surface area (Å²) >= 11 is 1.38. The molecule has 1 fully saturated rings. The lowest BCUT2D eigenvalue weighted by Crippen LogP contribution is -2.52. The van der Waals surface area contributed by atoms with E-state index in [9.17, 15) is 4.79 Å². The van der Waals surface area contributed by atoms with Crippen LogP contribution in [0.2, 0.25) is 0 Å². The predicted octanol–water partition coefficient (Wildman–Crippen LogP) is 0.709. The average Bonchev–Trinajstić information content (AvgIpc) is 2.66. The minimum atomic E-state index is 0.0160. The summed E-state index contributed by atoms with van der Waals surface area (Å²) in [7, 11) is 0. The standard InChI is InChI=1S/C17H28N6OS/c1-3-14-4-6-15(7-5-14)21-8-10-22(11-9-21)16(24)12-23(19)17(25-2)20-13-18/h4-7H,3,8-13,18-19H2,1-2H3/b20-17+. The van der Waals surface area contributed by atoms with Crippen LogP contribution in [0.15, 0.2) is 29.3 Å². The zero-order valence-corrected chi connectivity index (χ0v) is 15.8. The van der Waals surface area contributed by atoms with E-state index in [0.29, 0.717) is 18.3 Å². The first-order chi connectivity index (χ1) is 12.1. The molecule has 0 aliphatic carbocycles. The third-order valence-corrected chi connectivity index (χ3v) is 5.03. The Morgan fingerprint density at radius 3 is 2.40 bits per heavy atom. The van der Waals surface area contributed by atoms with Crippen molar-refractivity contribution >= 4 is 28.5 Å². The average molecular weight is 365 g/mol. The fraction of sp³-hybridized carbons (Fsp3) is 0.529. The number of piperazine rings is 1. The second kappa shape index (κ2) is 9.65. The Kier molecular flexibility index (Phi) is 7.54. The van der Waals surface area contributed by atoms with Crippen molar-refractivity contribution < 1.29 is 4.79 Å². The van der Waals surface area contributed by atoms with Crippen molar-refractivity contribution in [3.05, 3.63) is 29.8 Å². The van der Waals surface area contributed by atoms with Crippen LogP contribution in [-0.2, 0) is 11.2 Å². The summed E-state index contributed by atoms with van der Waals surface area (Å²) in [5.41, 5.74) is 7.97. The number of amides is 1. The zero-order valence-electron chi connectivity index (χ0n) is 15.0. The molecule has 138 valence electrons. The quantitative estimate of drug-likeness (QED) is 0.346. The van der Waals surface area contributed by atoms with Crippen LogP contribution in [0.3, 0.4) is 0 Å². The number of hydrazine groups is 1. The van der Waals surface area contributed by atoms with Crippen molar-refractivity contribution in [3.8, 4) is 0 Å². The Morgan fingerprint density at radius 2 is 1.88 bits per heavy atom. The van der Waals surface area contributed by atoms with Gasteiger partial charge in [0.2, 0.25) is 5.91 Å². The van der Waals surface area contributed by atoms with E-state index in [-0.39, 0.29) is 19.1 Å². The summed E-state index contributed by atoms with van der Waals surface area (Å²) in [5.74, 6) is 5.95. The summed E-state index contributed by atoms with van der Waals surface area (Å²) < 4.78 is 0. The lowest BCUT2D eigenvalue weighted by Gasteiger charge is -2.36. The van der Waals surface area contributed by atoms with E-state index in [1.54, 1.807) is 0 Å². The maximum atomic E-state index is 12.5. The smallest absolute Gasteiger partial charge is 0.243 e. The number of carbonyl (C=O) groups excluding carboxylic acids is 1. The molecule has 0 unspecified atom stereocenters. The zero-order chi connectivity index (χ0) is 18.2. The molecule has 0 spiro atoms. The molecular weight excluding hydrogens is 336 g/mol. The number of carbonyl (C=O) groups is 1. The summed E-state index contributed by atoms with van der Waals surface area (Å²) in [5, 5.41) is 1.95. The van der Waals surface area contributed by atoms with E-state index in [0.717, 1.165) is 19.5 Å². The first kappa shape index (κ1) is 19.6. The van der Waals surface area contributed by atoms with E-state index in [2.05, 4.69) is 41.1 Å². The van der Waals surface area contributed by atoms with Gasteiger partial charge in [-0.3, -0.25) is 9.80 Å². The molecule has 1 saturated heterocycles. The van der Waals surface area contributed by atoms with Crippen molar-refractivity contribution in [3.63, 3.8) is 0 Å². The van der Waals surface area contributed by atoms with Gasteiger partial charge in [0.05, 0.1) is 6.67 Å². The lowest BCUT2D eigenvalue weighted by atomic mass is 10.1. The molecule has 25 heavy (non-hydrogen) atoms. The monoisotopic (exact) mass is 364 g/mol. The van der Waals surface area contributed by atoms with Crippen LogP contribution >= 0.6 is 11.8 Å². The summed E-state index contributed by atoms with van der Waals surface area (Å²) in [6, 6.07) is 8.65. The van der Waals surface area contributed by atoms with Crippen molar-refractivity contribution in [2.24, 2.45) is 16.6 Å². The number of aryl methyl sites for hydroxylation is 1. The molecule has 1 aromatic carbocycles. The van der Waals surface area contributed by atoms with Crippen molar-refractivity contribution in [1.82, 2.24) is 9.91 Å². The van der Waals surface area contributed by atoms with Gasteiger partial charge in [-0.05, 0) is 30.4 Å². The predicted molar refractivity (Wildman–Crippen MR) is 106 cm³/mol. The molecule has 1 aromatic rings. The molecular formula is C17H28N6OS. The number of anilines is 1. The minimum absolute atomic E-state index is 0.0160. The van der Waals surface area contributed by atoms with E-state index in [1.807, 2.05) is 11.2 Å². The maximum Gasteiger partial charge on any atom is 0.243 e. The fourth-order valence-electron chi connectivity index (χ4n) is 2.82. The van der Waals surface area contributed by atoms with E-state index in [1.165, 1.54) is 28.0 Å². The van der Waals surface area contributed by atoms with Crippen molar-refractivity contribution in [1.29, 1.82) is 0 Å². The third-order valence-electron chi connectivity index (χ3n) is 4.30. The number of amidine groups is 1. The van der Waals surface area contributed by atoms with Gasteiger partial charge in [0.15, 0.2) is 5.17 Å². The Labute approximate surface area is 154 Å². The molecule has 8 heteroatoms. The Hall–Kier alpha value is -1.77. The Balaban J connectivity index is 1.86. The van der Waals surface area contributed by atoms with Crippen molar-refractivity contribution in [2.45, 2.75) is 13.3 Å². The van der Waals surface area contributed by atoms with Crippen LogP contribution in [0.4, 0.5) is 5.69 Å². The van der Waals surface area contributed by atoms with E-state index >= 15 is 0 Å². The number of nitrogens with two attached hydrogens (primary N) is 2. The van der Waals surface area contributed by atoms with Crippen LogP contribution < -0.4 is 16.5 Å². The van der Waals surface area contributed by atoms with E-state index in [4.69, 9.17) is 11.6 Å². The molecule has 0 saturated carbocycles. The van der Waals surface area contributed by atoms with Gasteiger partial charge in [0.25, 0.3) is 0 Å². The highest BCUT2D eigenvalue weighted by Gasteiger charge is 2.23. The number of rotatable bonds is 5.